The Morgan fingerprint density at radius 1 is 1.00 bits per heavy atom. The van der Waals surface area contributed by atoms with E-state index in [9.17, 15) is 18.6 Å². The largest absolute Gasteiger partial charge is 0.390 e. The SMILES string of the molecule is CC[C@H](/C=C/[C@@H](C)[C@H]1CC[C@H]2[C@@H]3C[C@@H](O)[C@@]4(O)C[C@@H](OS(=O)(=O)c5ccc(C)cc5)CC[C@]4(C)[C@H]3CC[C@]12C)C(C)C. The highest BCUT2D eigenvalue weighted by Crippen LogP contribution is 2.69. The van der Waals surface area contributed by atoms with Gasteiger partial charge in [-0.1, -0.05) is 71.4 Å². The molecule has 6 heteroatoms. The van der Waals surface area contributed by atoms with E-state index in [2.05, 4.69) is 53.7 Å². The number of benzene rings is 1. The summed E-state index contributed by atoms with van der Waals surface area (Å²) < 4.78 is 31.9. The number of fused-ring (bicyclic) bond motifs is 5. The van der Waals surface area contributed by atoms with Crippen LogP contribution in [0.1, 0.15) is 105 Å². The lowest BCUT2D eigenvalue weighted by atomic mass is 9.42. The molecule has 0 aromatic heterocycles. The van der Waals surface area contributed by atoms with Crippen molar-refractivity contribution in [1.29, 1.82) is 0 Å². The molecule has 1 aromatic rings. The maximum absolute atomic E-state index is 13.1. The van der Waals surface area contributed by atoms with Crippen LogP contribution in [0.2, 0.25) is 0 Å². The second-order valence-electron chi connectivity index (χ2n) is 15.5. The summed E-state index contributed by atoms with van der Waals surface area (Å²) in [4.78, 5) is 0.138. The van der Waals surface area contributed by atoms with Crippen molar-refractivity contribution in [2.45, 2.75) is 129 Å². The third-order valence-electron chi connectivity index (χ3n) is 13.1. The molecule has 0 amide bonds. The highest BCUT2D eigenvalue weighted by molar-refractivity contribution is 7.86. The summed E-state index contributed by atoms with van der Waals surface area (Å²) in [5.74, 6) is 3.74. The van der Waals surface area contributed by atoms with Gasteiger partial charge in [-0.3, -0.25) is 4.18 Å². The minimum absolute atomic E-state index is 0.138. The zero-order valence-electron chi connectivity index (χ0n) is 27.1. The van der Waals surface area contributed by atoms with Crippen LogP contribution in [0.4, 0.5) is 0 Å². The first-order valence-electron chi connectivity index (χ1n) is 16.7. The highest BCUT2D eigenvalue weighted by Gasteiger charge is 2.67. The third-order valence-corrected chi connectivity index (χ3v) is 14.5. The molecular formula is C36H56O5S. The van der Waals surface area contributed by atoms with Crippen LogP contribution in [0.3, 0.4) is 0 Å². The predicted molar refractivity (Wildman–Crippen MR) is 168 cm³/mol. The zero-order valence-corrected chi connectivity index (χ0v) is 27.9. The van der Waals surface area contributed by atoms with Gasteiger partial charge < -0.3 is 10.2 Å². The molecule has 4 saturated carbocycles. The van der Waals surface area contributed by atoms with Gasteiger partial charge in [-0.05, 0) is 117 Å². The maximum atomic E-state index is 13.1. The first-order chi connectivity index (χ1) is 19.7. The van der Waals surface area contributed by atoms with E-state index in [0.29, 0.717) is 60.7 Å². The standard InChI is InChI=1S/C36H56O5S/c1-8-26(23(2)3)12-11-25(5)30-15-16-31-29-21-33(37)36(38)22-27(41-42(39,40)28-13-9-24(4)10-14-28)17-20-35(36,7)32(29)18-19-34(30,31)6/h9-14,23,25-27,29-33,37-38H,8,15-22H2,1-7H3/b12-11+/t25-,26-,27+,29+,30-,31+,32+,33-,34-,35-,36+/m1/s1. The van der Waals surface area contributed by atoms with Gasteiger partial charge in [0, 0.05) is 11.8 Å². The Labute approximate surface area is 255 Å². The highest BCUT2D eigenvalue weighted by atomic mass is 32.2. The van der Waals surface area contributed by atoms with Gasteiger partial charge in [0.2, 0.25) is 0 Å². The van der Waals surface area contributed by atoms with Crippen molar-refractivity contribution in [2.24, 2.45) is 52.3 Å². The van der Waals surface area contributed by atoms with Gasteiger partial charge in [0.1, 0.15) is 0 Å². The van der Waals surface area contributed by atoms with Gasteiger partial charge in [-0.2, -0.15) is 8.42 Å². The fourth-order valence-electron chi connectivity index (χ4n) is 10.5. The molecule has 11 atom stereocenters. The van der Waals surface area contributed by atoms with Crippen molar-refractivity contribution in [3.8, 4) is 0 Å². The Morgan fingerprint density at radius 2 is 1.69 bits per heavy atom. The van der Waals surface area contributed by atoms with E-state index in [1.807, 2.05) is 6.92 Å². The normalized spacial score (nSPS) is 41.8. The fourth-order valence-corrected chi connectivity index (χ4v) is 11.6. The van der Waals surface area contributed by atoms with Gasteiger partial charge >= 0.3 is 0 Å². The minimum atomic E-state index is -3.95. The predicted octanol–water partition coefficient (Wildman–Crippen LogP) is 7.69. The molecule has 0 radical (unpaired) electrons. The van der Waals surface area contributed by atoms with Gasteiger partial charge in [0.25, 0.3) is 10.1 Å². The minimum Gasteiger partial charge on any atom is -0.390 e. The van der Waals surface area contributed by atoms with Crippen molar-refractivity contribution >= 4 is 10.1 Å². The third kappa shape index (κ3) is 5.35. The zero-order chi connectivity index (χ0) is 30.7. The van der Waals surface area contributed by atoms with Crippen LogP contribution in [0.5, 0.6) is 0 Å². The fraction of sp³-hybridized carbons (Fsp3) is 0.778. The van der Waals surface area contributed by atoms with Crippen molar-refractivity contribution in [3.05, 3.63) is 42.0 Å². The van der Waals surface area contributed by atoms with Crippen LogP contribution in [0, 0.1) is 59.2 Å². The molecule has 5 rings (SSSR count). The molecular weight excluding hydrogens is 544 g/mol. The molecule has 0 aliphatic heterocycles. The number of aliphatic hydroxyl groups excluding tert-OH is 1. The summed E-state index contributed by atoms with van der Waals surface area (Å²) in [6, 6.07) is 6.68. The summed E-state index contributed by atoms with van der Waals surface area (Å²) in [6.07, 6.45) is 11.3. The summed E-state index contributed by atoms with van der Waals surface area (Å²) in [7, 11) is -3.95. The molecule has 4 aliphatic rings. The molecule has 0 heterocycles. The average molecular weight is 601 g/mol. The molecule has 0 bridgehead atoms. The molecule has 1 aromatic carbocycles. The van der Waals surface area contributed by atoms with Crippen LogP contribution in [-0.2, 0) is 14.3 Å². The molecule has 4 aliphatic carbocycles. The molecule has 0 spiro atoms. The summed E-state index contributed by atoms with van der Waals surface area (Å²) in [5.41, 5.74) is -0.582. The first kappa shape index (κ1) is 32.2. The summed E-state index contributed by atoms with van der Waals surface area (Å²) >= 11 is 0. The first-order valence-corrected chi connectivity index (χ1v) is 18.2. The molecule has 42 heavy (non-hydrogen) atoms. The Bertz CT molecular complexity index is 1240. The number of aliphatic hydroxyl groups is 2. The van der Waals surface area contributed by atoms with Gasteiger partial charge in [-0.25, -0.2) is 0 Å². The molecule has 2 N–H and O–H groups in total. The molecule has 5 nitrogen and oxygen atoms in total. The van der Waals surface area contributed by atoms with Crippen molar-refractivity contribution in [2.75, 3.05) is 0 Å². The Balaban J connectivity index is 1.32. The second-order valence-corrected chi connectivity index (χ2v) is 17.1. The van der Waals surface area contributed by atoms with Gasteiger partial charge in [-0.15, -0.1) is 0 Å². The summed E-state index contributed by atoms with van der Waals surface area (Å²) in [6.45, 7) is 15.9. The number of rotatable bonds is 8. The number of hydrogen-bond acceptors (Lipinski definition) is 5. The Hall–Kier alpha value is -1.21. The average Bonchev–Trinajstić information content (AvgIpc) is 3.28. The quantitative estimate of drug-likeness (QED) is 0.236. The molecule has 236 valence electrons. The van der Waals surface area contributed by atoms with Crippen molar-refractivity contribution in [3.63, 3.8) is 0 Å². The molecule has 4 fully saturated rings. The molecule has 0 saturated heterocycles. The van der Waals surface area contributed by atoms with Crippen LogP contribution in [0.25, 0.3) is 0 Å². The number of aryl methyl sites for hydroxylation is 1. The van der Waals surface area contributed by atoms with Gasteiger partial charge in [0.05, 0.1) is 22.7 Å². The lowest BCUT2D eigenvalue weighted by Crippen LogP contribution is -2.68. The van der Waals surface area contributed by atoms with Crippen LogP contribution >= 0.6 is 0 Å². The van der Waals surface area contributed by atoms with E-state index < -0.39 is 33.3 Å². The lowest BCUT2D eigenvalue weighted by Gasteiger charge is -2.65. The van der Waals surface area contributed by atoms with Crippen molar-refractivity contribution < 1.29 is 22.8 Å². The molecule has 0 unspecified atom stereocenters. The summed E-state index contributed by atoms with van der Waals surface area (Å²) in [5, 5.41) is 23.9. The van der Waals surface area contributed by atoms with E-state index in [1.54, 1.807) is 24.3 Å². The topological polar surface area (TPSA) is 83.8 Å². The van der Waals surface area contributed by atoms with E-state index in [1.165, 1.54) is 19.3 Å². The Morgan fingerprint density at radius 3 is 2.33 bits per heavy atom. The Kier molecular flexibility index (Phi) is 8.90. The second kappa shape index (κ2) is 11.6. The maximum Gasteiger partial charge on any atom is 0.297 e. The van der Waals surface area contributed by atoms with Gasteiger partial charge in [0.15, 0.2) is 0 Å². The lowest BCUT2D eigenvalue weighted by molar-refractivity contribution is -0.262. The van der Waals surface area contributed by atoms with E-state index >= 15 is 0 Å². The van der Waals surface area contributed by atoms with Crippen molar-refractivity contribution in [1.82, 2.24) is 0 Å². The van der Waals surface area contributed by atoms with E-state index in [0.717, 1.165) is 18.4 Å². The van der Waals surface area contributed by atoms with Crippen LogP contribution in [-0.4, -0.2) is 36.4 Å². The van der Waals surface area contributed by atoms with E-state index in [-0.39, 0.29) is 16.7 Å². The number of allylic oxidation sites excluding steroid dienone is 2. The van der Waals surface area contributed by atoms with Crippen LogP contribution in [0.15, 0.2) is 41.3 Å². The van der Waals surface area contributed by atoms with E-state index in [4.69, 9.17) is 4.18 Å². The smallest absolute Gasteiger partial charge is 0.297 e. The monoisotopic (exact) mass is 600 g/mol. The van der Waals surface area contributed by atoms with Crippen LogP contribution < -0.4 is 0 Å². The number of hydrogen-bond donors (Lipinski definition) is 2.